The van der Waals surface area contributed by atoms with Gasteiger partial charge in [-0.05, 0) is 36.1 Å². The van der Waals surface area contributed by atoms with Crippen LogP contribution in [-0.4, -0.2) is 13.2 Å². The predicted octanol–water partition coefficient (Wildman–Crippen LogP) is 3.98. The average molecular weight is 269 g/mol. The van der Waals surface area contributed by atoms with Gasteiger partial charge < -0.3 is 10.1 Å². The molecule has 0 saturated carbocycles. The first-order valence-corrected chi connectivity index (χ1v) is 7.27. The third kappa shape index (κ3) is 4.39. The van der Waals surface area contributed by atoms with E-state index in [9.17, 15) is 0 Å². The molecule has 0 amide bonds. The molecule has 2 aromatic rings. The molecule has 106 valence electrons. The summed E-state index contributed by atoms with van der Waals surface area (Å²) >= 11 is 0. The summed E-state index contributed by atoms with van der Waals surface area (Å²) in [7, 11) is 0. The molecule has 0 fully saturated rings. The summed E-state index contributed by atoms with van der Waals surface area (Å²) < 4.78 is 5.44. The van der Waals surface area contributed by atoms with Crippen molar-refractivity contribution in [2.75, 3.05) is 13.2 Å². The Morgan fingerprint density at radius 1 is 1.00 bits per heavy atom. The summed E-state index contributed by atoms with van der Waals surface area (Å²) in [5.74, 6) is 1.47. The monoisotopic (exact) mass is 269 g/mol. The number of hydrogen-bond donors (Lipinski definition) is 1. The highest BCUT2D eigenvalue weighted by Crippen LogP contribution is 2.14. The van der Waals surface area contributed by atoms with E-state index >= 15 is 0 Å². The Labute approximate surface area is 121 Å². The van der Waals surface area contributed by atoms with Crippen LogP contribution in [0.4, 0.5) is 0 Å². The second kappa shape index (κ2) is 7.71. The maximum absolute atomic E-state index is 5.44. The predicted molar refractivity (Wildman–Crippen MR) is 84.2 cm³/mol. The van der Waals surface area contributed by atoms with E-state index in [4.69, 9.17) is 4.74 Å². The second-order valence-electron chi connectivity index (χ2n) is 5.02. The van der Waals surface area contributed by atoms with Gasteiger partial charge in [-0.1, -0.05) is 49.4 Å². The van der Waals surface area contributed by atoms with Gasteiger partial charge in [0.15, 0.2) is 0 Å². The van der Waals surface area contributed by atoms with E-state index in [1.165, 1.54) is 11.1 Å². The maximum Gasteiger partial charge on any atom is 0.119 e. The van der Waals surface area contributed by atoms with Gasteiger partial charge in [0.05, 0.1) is 6.61 Å². The van der Waals surface area contributed by atoms with E-state index < -0.39 is 0 Å². The highest BCUT2D eigenvalue weighted by molar-refractivity contribution is 5.27. The molecule has 1 N–H and O–H groups in total. The molecule has 0 saturated heterocycles. The second-order valence-corrected chi connectivity index (χ2v) is 5.02. The molecule has 1 unspecified atom stereocenters. The van der Waals surface area contributed by atoms with Crippen LogP contribution in [0.1, 0.15) is 30.9 Å². The lowest BCUT2D eigenvalue weighted by Crippen LogP contribution is -2.19. The van der Waals surface area contributed by atoms with Crippen LogP contribution >= 0.6 is 0 Å². The van der Waals surface area contributed by atoms with Gasteiger partial charge in [0.25, 0.3) is 0 Å². The molecule has 0 aliphatic rings. The van der Waals surface area contributed by atoms with Crippen molar-refractivity contribution in [1.29, 1.82) is 0 Å². The summed E-state index contributed by atoms with van der Waals surface area (Å²) in [6.07, 6.45) is 0. The van der Waals surface area contributed by atoms with Crippen LogP contribution in [-0.2, 0) is 6.54 Å². The Bertz CT molecular complexity index is 493. The lowest BCUT2D eigenvalue weighted by molar-refractivity contribution is 0.340. The van der Waals surface area contributed by atoms with Crippen molar-refractivity contribution in [2.24, 2.45) is 0 Å². The molecule has 0 radical (unpaired) electrons. The van der Waals surface area contributed by atoms with E-state index in [1.54, 1.807) is 0 Å². The minimum absolute atomic E-state index is 0.527. The standard InChI is InChI=1S/C18H23NO/c1-3-20-18-11-9-16(10-12-18)14-19-13-15(2)17-7-5-4-6-8-17/h4-12,15,19H,3,13-14H2,1-2H3. The van der Waals surface area contributed by atoms with Crippen LogP contribution in [0.15, 0.2) is 54.6 Å². The Morgan fingerprint density at radius 2 is 1.70 bits per heavy atom. The Hall–Kier alpha value is -1.80. The van der Waals surface area contributed by atoms with Crippen LogP contribution in [0, 0.1) is 0 Å². The Balaban J connectivity index is 1.78. The molecule has 0 aliphatic heterocycles. The smallest absolute Gasteiger partial charge is 0.119 e. The van der Waals surface area contributed by atoms with Gasteiger partial charge in [-0.25, -0.2) is 0 Å². The van der Waals surface area contributed by atoms with E-state index in [1.807, 2.05) is 19.1 Å². The van der Waals surface area contributed by atoms with Crippen LogP contribution in [0.25, 0.3) is 0 Å². The van der Waals surface area contributed by atoms with Gasteiger partial charge in [-0.2, -0.15) is 0 Å². The SMILES string of the molecule is CCOc1ccc(CNCC(C)c2ccccc2)cc1. The van der Waals surface area contributed by atoms with Gasteiger partial charge in [0.2, 0.25) is 0 Å². The average Bonchev–Trinajstić information content (AvgIpc) is 2.50. The molecule has 0 heterocycles. The number of benzene rings is 2. The first-order valence-electron chi connectivity index (χ1n) is 7.27. The third-order valence-corrected chi connectivity index (χ3v) is 3.38. The quantitative estimate of drug-likeness (QED) is 0.821. The van der Waals surface area contributed by atoms with Crippen molar-refractivity contribution >= 4 is 0 Å². The number of hydrogen-bond acceptors (Lipinski definition) is 2. The number of nitrogens with one attached hydrogen (secondary N) is 1. The van der Waals surface area contributed by atoms with Gasteiger partial charge in [-0.15, -0.1) is 0 Å². The first kappa shape index (κ1) is 14.6. The molecular weight excluding hydrogens is 246 g/mol. The summed E-state index contributed by atoms with van der Waals surface area (Å²) in [6, 6.07) is 18.9. The summed E-state index contributed by atoms with van der Waals surface area (Å²) in [5.41, 5.74) is 2.67. The highest BCUT2D eigenvalue weighted by Gasteiger charge is 2.04. The molecule has 1 atom stereocenters. The molecule has 0 bridgehead atoms. The minimum Gasteiger partial charge on any atom is -0.494 e. The summed E-state index contributed by atoms with van der Waals surface area (Å²) in [4.78, 5) is 0. The first-order chi connectivity index (χ1) is 9.79. The highest BCUT2D eigenvalue weighted by atomic mass is 16.5. The topological polar surface area (TPSA) is 21.3 Å². The molecule has 20 heavy (non-hydrogen) atoms. The van der Waals surface area contributed by atoms with Crippen molar-refractivity contribution < 1.29 is 4.74 Å². The fourth-order valence-corrected chi connectivity index (χ4v) is 2.20. The van der Waals surface area contributed by atoms with Crippen LogP contribution in [0.5, 0.6) is 5.75 Å². The fourth-order valence-electron chi connectivity index (χ4n) is 2.20. The lowest BCUT2D eigenvalue weighted by atomic mass is 10.0. The lowest BCUT2D eigenvalue weighted by Gasteiger charge is -2.13. The van der Waals surface area contributed by atoms with Gasteiger partial charge in [-0.3, -0.25) is 0 Å². The molecule has 2 rings (SSSR count). The molecule has 2 heteroatoms. The number of ether oxygens (including phenoxy) is 1. The Morgan fingerprint density at radius 3 is 2.35 bits per heavy atom. The molecule has 2 nitrogen and oxygen atoms in total. The number of rotatable bonds is 7. The zero-order valence-electron chi connectivity index (χ0n) is 12.3. The van der Waals surface area contributed by atoms with Crippen molar-refractivity contribution in [3.05, 3.63) is 65.7 Å². The van der Waals surface area contributed by atoms with E-state index in [-0.39, 0.29) is 0 Å². The van der Waals surface area contributed by atoms with E-state index in [0.29, 0.717) is 12.5 Å². The third-order valence-electron chi connectivity index (χ3n) is 3.38. The van der Waals surface area contributed by atoms with Gasteiger partial charge in [0.1, 0.15) is 5.75 Å². The molecule has 2 aromatic carbocycles. The molecular formula is C18H23NO. The zero-order chi connectivity index (χ0) is 14.2. The minimum atomic E-state index is 0.527. The van der Waals surface area contributed by atoms with E-state index in [0.717, 1.165) is 18.8 Å². The van der Waals surface area contributed by atoms with E-state index in [2.05, 4.69) is 54.7 Å². The fraction of sp³-hybridized carbons (Fsp3) is 0.333. The van der Waals surface area contributed by atoms with Gasteiger partial charge in [0, 0.05) is 13.1 Å². The van der Waals surface area contributed by atoms with Crippen LogP contribution in [0.2, 0.25) is 0 Å². The summed E-state index contributed by atoms with van der Waals surface area (Å²) in [6.45, 7) is 6.84. The van der Waals surface area contributed by atoms with Crippen molar-refractivity contribution in [2.45, 2.75) is 26.3 Å². The normalized spacial score (nSPS) is 12.1. The molecule has 0 aliphatic carbocycles. The van der Waals surface area contributed by atoms with Crippen molar-refractivity contribution in [3.8, 4) is 5.75 Å². The maximum atomic E-state index is 5.44. The largest absolute Gasteiger partial charge is 0.494 e. The molecule has 0 spiro atoms. The Kier molecular flexibility index (Phi) is 5.63. The van der Waals surface area contributed by atoms with Crippen molar-refractivity contribution in [3.63, 3.8) is 0 Å². The summed E-state index contributed by atoms with van der Waals surface area (Å²) in [5, 5.41) is 3.51. The van der Waals surface area contributed by atoms with Crippen LogP contribution < -0.4 is 10.1 Å². The van der Waals surface area contributed by atoms with Gasteiger partial charge >= 0.3 is 0 Å². The molecule has 0 aromatic heterocycles. The zero-order valence-corrected chi connectivity index (χ0v) is 12.3. The van der Waals surface area contributed by atoms with Crippen LogP contribution in [0.3, 0.4) is 0 Å². The van der Waals surface area contributed by atoms with Crippen molar-refractivity contribution in [1.82, 2.24) is 5.32 Å².